The first-order valence-corrected chi connectivity index (χ1v) is 21.2. The molecule has 0 bridgehead atoms. The highest BCUT2D eigenvalue weighted by Crippen LogP contribution is 2.63. The zero-order chi connectivity index (χ0) is 38.7. The van der Waals surface area contributed by atoms with Gasteiger partial charge < -0.3 is 4.90 Å². The van der Waals surface area contributed by atoms with Gasteiger partial charge in [0.15, 0.2) is 0 Å². The van der Waals surface area contributed by atoms with Gasteiger partial charge in [-0.05, 0) is 97.4 Å². The zero-order valence-corrected chi connectivity index (χ0v) is 32.9. The number of anilines is 3. The van der Waals surface area contributed by atoms with E-state index in [1.54, 1.807) is 0 Å². The van der Waals surface area contributed by atoms with Gasteiger partial charge in [0.05, 0.1) is 16.8 Å². The zero-order valence-electron chi connectivity index (χ0n) is 32.1. The van der Waals surface area contributed by atoms with Gasteiger partial charge >= 0.3 is 0 Å². The summed E-state index contributed by atoms with van der Waals surface area (Å²) in [5.74, 6) is 0. The lowest BCUT2D eigenvalue weighted by atomic mass is 9.70. The van der Waals surface area contributed by atoms with Gasteiger partial charge in [-0.25, -0.2) is 0 Å². The molecule has 0 aliphatic heterocycles. The molecular weight excluding hydrogens is 731 g/mol. The highest BCUT2D eigenvalue weighted by atomic mass is 32.1. The van der Waals surface area contributed by atoms with Crippen LogP contribution in [0.1, 0.15) is 22.3 Å². The molecule has 2 aliphatic carbocycles. The molecule has 0 saturated heterocycles. The largest absolute Gasteiger partial charge is 0.309 e. The van der Waals surface area contributed by atoms with Gasteiger partial charge in [-0.1, -0.05) is 176 Å². The van der Waals surface area contributed by atoms with Gasteiger partial charge in [-0.15, -0.1) is 11.3 Å². The summed E-state index contributed by atoms with van der Waals surface area (Å²) >= 11 is 1.91. The second-order valence-corrected chi connectivity index (χ2v) is 17.0. The van der Waals surface area contributed by atoms with Gasteiger partial charge in [-0.2, -0.15) is 0 Å². The van der Waals surface area contributed by atoms with Gasteiger partial charge in [-0.3, -0.25) is 0 Å². The van der Waals surface area contributed by atoms with Crippen molar-refractivity contribution in [3.05, 3.63) is 235 Å². The van der Waals surface area contributed by atoms with Crippen LogP contribution in [0.3, 0.4) is 0 Å². The molecule has 2 aliphatic rings. The lowest BCUT2D eigenvalue weighted by Gasteiger charge is -2.30. The van der Waals surface area contributed by atoms with Crippen molar-refractivity contribution in [3.8, 4) is 33.4 Å². The Morgan fingerprint density at radius 1 is 0.356 bits per heavy atom. The van der Waals surface area contributed by atoms with Crippen LogP contribution in [-0.4, -0.2) is 0 Å². The molecule has 0 atom stereocenters. The molecule has 0 saturated carbocycles. The minimum absolute atomic E-state index is 0.391. The van der Waals surface area contributed by atoms with E-state index in [1.165, 1.54) is 109 Å². The van der Waals surface area contributed by atoms with E-state index in [0.717, 1.165) is 5.69 Å². The van der Waals surface area contributed by atoms with E-state index in [2.05, 4.69) is 217 Å². The summed E-state index contributed by atoms with van der Waals surface area (Å²) in [4.78, 5) is 2.47. The number of thiophene rings is 1. The van der Waals surface area contributed by atoms with Crippen LogP contribution in [0.25, 0.3) is 75.1 Å². The minimum atomic E-state index is -0.391. The van der Waals surface area contributed by atoms with Gasteiger partial charge in [0.25, 0.3) is 0 Å². The lowest BCUT2D eigenvalue weighted by Crippen LogP contribution is -2.25. The second-order valence-electron chi connectivity index (χ2n) is 15.9. The number of benzene rings is 10. The normalized spacial score (nSPS) is 13.2. The Labute approximate surface area is 346 Å². The smallest absolute Gasteiger partial charge is 0.0725 e. The SMILES string of the molecule is c1ccc(N(c2cccc3ccccc23)c2cc3c(sc4cccc(-c5ccc6c(c5)C5(c7ccccc7-c7ccccc75)c5ccccc5-6)c43)c3ccccc23)cc1. The highest BCUT2D eigenvalue weighted by molar-refractivity contribution is 7.26. The number of para-hydroxylation sites is 1. The van der Waals surface area contributed by atoms with Crippen molar-refractivity contribution in [1.29, 1.82) is 0 Å². The van der Waals surface area contributed by atoms with E-state index in [1.807, 2.05) is 11.3 Å². The fourth-order valence-electron chi connectivity index (χ4n) is 10.7. The van der Waals surface area contributed by atoms with Crippen LogP contribution in [0.2, 0.25) is 0 Å². The molecule has 0 radical (unpaired) electrons. The van der Waals surface area contributed by atoms with Crippen molar-refractivity contribution in [1.82, 2.24) is 0 Å². The fourth-order valence-corrected chi connectivity index (χ4v) is 12.0. The van der Waals surface area contributed by atoms with Crippen LogP contribution in [0.4, 0.5) is 17.1 Å². The van der Waals surface area contributed by atoms with Crippen molar-refractivity contribution < 1.29 is 0 Å². The van der Waals surface area contributed by atoms with Crippen molar-refractivity contribution in [3.63, 3.8) is 0 Å². The molecule has 10 aromatic carbocycles. The molecule has 0 fully saturated rings. The summed E-state index contributed by atoms with van der Waals surface area (Å²) in [6.07, 6.45) is 0. The van der Waals surface area contributed by atoms with Crippen LogP contribution < -0.4 is 4.90 Å². The molecule has 0 unspecified atom stereocenters. The first-order chi connectivity index (χ1) is 29.3. The van der Waals surface area contributed by atoms with E-state index in [9.17, 15) is 0 Å². The van der Waals surface area contributed by atoms with Crippen molar-refractivity contribution in [2.45, 2.75) is 5.41 Å². The molecule has 0 N–H and O–H groups in total. The molecule has 1 heterocycles. The Bertz CT molecular complexity index is 3450. The monoisotopic (exact) mass is 765 g/mol. The number of fused-ring (bicyclic) bond motifs is 16. The minimum Gasteiger partial charge on any atom is -0.309 e. The number of hydrogen-bond donors (Lipinski definition) is 0. The number of nitrogens with zero attached hydrogens (tertiary/aromatic N) is 1. The maximum absolute atomic E-state index is 2.53. The molecule has 274 valence electrons. The molecule has 59 heavy (non-hydrogen) atoms. The summed E-state index contributed by atoms with van der Waals surface area (Å²) in [7, 11) is 0. The predicted molar refractivity (Wildman–Crippen MR) is 251 cm³/mol. The Morgan fingerprint density at radius 3 is 1.64 bits per heavy atom. The first kappa shape index (κ1) is 32.8. The number of rotatable bonds is 4. The standard InChI is InChI=1S/C57H35NS/c1-2-18-38(19-3-1)58(52-30-14-17-36-16-4-5-20-39(36)52)53-35-47-55-40(26-15-31-54(55)59-56(47)46-25-7-6-24-45(46)53)37-32-33-44-43-23-10-13-29-50(43)57(51(44)34-37)48-27-11-8-21-41(48)42-22-9-12-28-49(42)57/h1-35H. The third-order valence-electron chi connectivity index (χ3n) is 13.1. The molecule has 13 rings (SSSR count). The van der Waals surface area contributed by atoms with Gasteiger partial charge in [0.1, 0.15) is 0 Å². The fraction of sp³-hybridized carbons (Fsp3) is 0.0175. The summed E-state index contributed by atoms with van der Waals surface area (Å²) in [5.41, 5.74) is 16.4. The van der Waals surface area contributed by atoms with Gasteiger partial charge in [0.2, 0.25) is 0 Å². The van der Waals surface area contributed by atoms with Gasteiger partial charge in [0, 0.05) is 42.0 Å². The third kappa shape index (κ3) is 4.44. The second kappa shape index (κ2) is 12.4. The topological polar surface area (TPSA) is 3.24 Å². The molecule has 1 nitrogen and oxygen atoms in total. The van der Waals surface area contributed by atoms with Crippen molar-refractivity contribution in [2.24, 2.45) is 0 Å². The maximum Gasteiger partial charge on any atom is 0.0725 e. The third-order valence-corrected chi connectivity index (χ3v) is 14.3. The van der Waals surface area contributed by atoms with Crippen LogP contribution in [0.5, 0.6) is 0 Å². The van der Waals surface area contributed by atoms with Crippen molar-refractivity contribution in [2.75, 3.05) is 4.90 Å². The van der Waals surface area contributed by atoms with Crippen molar-refractivity contribution >= 4 is 70.1 Å². The first-order valence-electron chi connectivity index (χ1n) is 20.4. The Morgan fingerprint density at radius 2 is 0.915 bits per heavy atom. The average Bonchev–Trinajstić information content (AvgIpc) is 3.94. The molecule has 1 spiro atoms. The van der Waals surface area contributed by atoms with Crippen LogP contribution >= 0.6 is 11.3 Å². The molecular formula is C57H35NS. The Hall–Kier alpha value is -7.26. The lowest BCUT2D eigenvalue weighted by molar-refractivity contribution is 0.794. The Balaban J connectivity index is 1.10. The Kier molecular flexibility index (Phi) is 6.87. The van der Waals surface area contributed by atoms with Crippen LogP contribution in [-0.2, 0) is 5.41 Å². The highest BCUT2D eigenvalue weighted by Gasteiger charge is 2.51. The van der Waals surface area contributed by atoms with Crippen LogP contribution in [0.15, 0.2) is 212 Å². The van der Waals surface area contributed by atoms with E-state index in [-0.39, 0.29) is 0 Å². The van der Waals surface area contributed by atoms with E-state index < -0.39 is 5.41 Å². The van der Waals surface area contributed by atoms with E-state index >= 15 is 0 Å². The molecule has 1 aromatic heterocycles. The van der Waals surface area contributed by atoms with E-state index in [4.69, 9.17) is 0 Å². The summed E-state index contributed by atoms with van der Waals surface area (Å²) in [5, 5.41) is 7.55. The molecule has 2 heteroatoms. The molecule has 0 amide bonds. The quantitative estimate of drug-likeness (QED) is 0.172. The van der Waals surface area contributed by atoms with Crippen LogP contribution in [0, 0.1) is 0 Å². The maximum atomic E-state index is 2.53. The van der Waals surface area contributed by atoms with E-state index in [0.29, 0.717) is 0 Å². The predicted octanol–water partition coefficient (Wildman–Crippen LogP) is 15.8. The molecule has 11 aromatic rings. The summed E-state index contributed by atoms with van der Waals surface area (Å²) in [6.45, 7) is 0. The number of hydrogen-bond acceptors (Lipinski definition) is 2. The summed E-state index contributed by atoms with van der Waals surface area (Å²) in [6, 6.07) is 79.2. The summed E-state index contributed by atoms with van der Waals surface area (Å²) < 4.78 is 2.62. The average molecular weight is 766 g/mol.